The van der Waals surface area contributed by atoms with E-state index in [4.69, 9.17) is 64.4 Å². The molecule has 594 valence electrons. The van der Waals surface area contributed by atoms with E-state index in [1.165, 1.54) is 63.5 Å². The topological polar surface area (TPSA) is 326 Å². The molecule has 6 amide bonds. The number of nitrogens with two attached hydrogens (primary N) is 1. The number of rotatable bonds is 14. The summed E-state index contributed by atoms with van der Waals surface area (Å²) in [7, 11) is 0. The number of nitrogens with zero attached hydrogens (tertiary/aromatic N) is 4. The van der Waals surface area contributed by atoms with Crippen LogP contribution >= 0.6 is 136 Å². The fourth-order valence-electron chi connectivity index (χ4n) is 10.9. The number of amides is 6. The summed E-state index contributed by atoms with van der Waals surface area (Å²) in [5.41, 5.74) is 15.5. The summed E-state index contributed by atoms with van der Waals surface area (Å²) in [6.07, 6.45) is 0.738. The van der Waals surface area contributed by atoms with Gasteiger partial charge in [0.15, 0.2) is 5.11 Å². The molecule has 21 nitrogen and oxygen atoms in total. The largest absolute Gasteiger partial charge is 0.506 e. The lowest BCUT2D eigenvalue weighted by molar-refractivity contribution is 0.243. The minimum atomic E-state index is -0.360. The van der Waals surface area contributed by atoms with Gasteiger partial charge in [-0.15, -0.1) is 45.3 Å². The van der Waals surface area contributed by atoms with E-state index in [1.54, 1.807) is 42.5 Å². The highest BCUT2D eigenvalue weighted by Gasteiger charge is 2.22. The van der Waals surface area contributed by atoms with Crippen molar-refractivity contribution in [3.05, 3.63) is 259 Å². The smallest absolute Gasteiger partial charge is 0.319 e. The summed E-state index contributed by atoms with van der Waals surface area (Å²) in [6.45, 7) is 10.6. The van der Waals surface area contributed by atoms with Gasteiger partial charge in [-0.25, -0.2) is 34.3 Å². The fraction of sp³-hybridized carbons (Fsp3) is 0.119. The van der Waals surface area contributed by atoms with Crippen LogP contribution < -0.4 is 48.3 Å². The average Bonchev–Trinajstić information content (AvgIpc) is 1.64. The van der Waals surface area contributed by atoms with Crippen LogP contribution in [-0.2, 0) is 13.0 Å². The van der Waals surface area contributed by atoms with Crippen molar-refractivity contribution in [1.82, 2.24) is 41.2 Å². The zero-order valence-corrected chi connectivity index (χ0v) is 72.4. The molecule has 0 bridgehead atoms. The molecule has 4 aromatic heterocycles. The number of hydrogen-bond donors (Lipinski definition) is 14. The molecule has 0 unspecified atom stereocenters. The van der Waals surface area contributed by atoms with Crippen LogP contribution in [0.15, 0.2) is 227 Å². The van der Waals surface area contributed by atoms with Crippen LogP contribution in [0.2, 0.25) is 20.1 Å². The number of benzene rings is 11. The SMILES string of the molecule is CC(C)(C)NC(=O)Nc1cc(Cl)c(O)c(-c2nc3ccccc3s2)c1.CC(C)NC(=S)Nc1cc(Cl)c(O)c(-c2nc3ccccc3s2)c1.Nc1cc(Br)c(O)c(Br)c1.O=C(NCCc1ccccc1)Nc1cc(Cl)c(O)c(-c2nc3ccccc3s2)c1.O=C(NCc1ccccc1)Nc1cc(Cl)c(O)c(-c2nc3ccccc3s2)c1. The summed E-state index contributed by atoms with van der Waals surface area (Å²) in [5, 5.41) is 77.4. The number of phenols is 5. The number of para-hydroxylation sites is 4. The highest BCUT2D eigenvalue weighted by molar-refractivity contribution is 9.11. The Morgan fingerprint density at radius 2 is 0.741 bits per heavy atom. The number of thiazole rings is 4. The van der Waals surface area contributed by atoms with E-state index in [0.29, 0.717) is 97.9 Å². The van der Waals surface area contributed by atoms with Crippen LogP contribution in [0.4, 0.5) is 42.8 Å². The first-order valence-electron chi connectivity index (χ1n) is 35.3. The molecule has 11 aromatic carbocycles. The molecule has 0 radical (unpaired) electrons. The maximum atomic E-state index is 12.2. The van der Waals surface area contributed by atoms with Crippen molar-refractivity contribution in [1.29, 1.82) is 0 Å². The van der Waals surface area contributed by atoms with Gasteiger partial charge in [0.05, 0.1) is 92.2 Å². The lowest BCUT2D eigenvalue weighted by Gasteiger charge is -2.21. The van der Waals surface area contributed by atoms with E-state index >= 15 is 0 Å². The second kappa shape index (κ2) is 39.8. The first kappa shape index (κ1) is 86.3. The summed E-state index contributed by atoms with van der Waals surface area (Å²) >= 11 is 42.1. The third-order valence-electron chi connectivity index (χ3n) is 16.2. The van der Waals surface area contributed by atoms with Gasteiger partial charge in [0, 0.05) is 53.1 Å². The van der Waals surface area contributed by atoms with Gasteiger partial charge in [0.25, 0.3) is 0 Å². The molecule has 0 aliphatic carbocycles. The van der Waals surface area contributed by atoms with Crippen LogP contribution in [0.1, 0.15) is 45.7 Å². The quantitative estimate of drug-likeness (QED) is 0.0273. The number of phenolic OH excluding ortho intramolecular Hbond substituents is 5. The lowest BCUT2D eigenvalue weighted by atomic mass is 10.1. The Morgan fingerprint density at radius 1 is 0.431 bits per heavy atom. The predicted octanol–water partition coefficient (Wildman–Crippen LogP) is 24.1. The van der Waals surface area contributed by atoms with Gasteiger partial charge in [-0.2, -0.15) is 0 Å². The van der Waals surface area contributed by atoms with Crippen LogP contribution in [0, 0.1) is 0 Å². The number of nitrogens with one attached hydrogen (secondary N) is 8. The second-order valence-corrected chi connectivity index (χ2v) is 34.6. The van der Waals surface area contributed by atoms with E-state index in [-0.39, 0.29) is 78.5 Å². The second-order valence-electron chi connectivity index (χ2n) is 26.7. The third-order valence-corrected chi connectivity index (χ3v) is 23.0. The molecule has 0 saturated heterocycles. The minimum absolute atomic E-state index is 0.0176. The molecule has 0 fully saturated rings. The van der Waals surface area contributed by atoms with Gasteiger partial charge in [0.2, 0.25) is 0 Å². The Bertz CT molecular complexity index is 5900. The number of fused-ring (bicyclic) bond motifs is 4. The molecule has 15 aromatic rings. The van der Waals surface area contributed by atoms with Crippen LogP contribution in [0.25, 0.3) is 83.2 Å². The zero-order valence-electron chi connectivity index (χ0n) is 62.1. The number of carbonyl (C=O) groups is 3. The van der Waals surface area contributed by atoms with Crippen molar-refractivity contribution in [3.8, 4) is 71.0 Å². The van der Waals surface area contributed by atoms with E-state index in [2.05, 4.69) is 94.3 Å². The number of anilines is 5. The van der Waals surface area contributed by atoms with E-state index < -0.39 is 0 Å². The number of carbonyl (C=O) groups excluding carboxylic acids is 3. The van der Waals surface area contributed by atoms with Gasteiger partial charge >= 0.3 is 18.1 Å². The van der Waals surface area contributed by atoms with Crippen molar-refractivity contribution in [2.75, 3.05) is 33.5 Å². The third kappa shape index (κ3) is 23.8. The van der Waals surface area contributed by atoms with Crippen molar-refractivity contribution >= 4 is 228 Å². The van der Waals surface area contributed by atoms with Crippen LogP contribution in [0.3, 0.4) is 0 Å². The Hall–Kier alpha value is -10.6. The summed E-state index contributed by atoms with van der Waals surface area (Å²) in [6, 6.07) is 66.0. The van der Waals surface area contributed by atoms with Crippen molar-refractivity contribution in [2.45, 2.75) is 59.2 Å². The zero-order chi connectivity index (χ0) is 82.9. The molecule has 0 spiro atoms. The maximum absolute atomic E-state index is 12.2. The van der Waals surface area contributed by atoms with Crippen molar-refractivity contribution < 1.29 is 39.9 Å². The number of thiocarbonyl (C=S) groups is 1. The monoisotopic (exact) mass is 1850 g/mol. The van der Waals surface area contributed by atoms with Gasteiger partial charge in [-0.1, -0.05) is 156 Å². The standard InChI is InChI=1S/C22H18ClN3O2S.C21H16ClN3O2S.C18H18ClN3O2S.C17H16ClN3OS2.C6H5Br2NO/c23-17-13-15(25-22(28)24-11-10-14-6-2-1-3-7-14)12-16(20(17)27)21-26-18-8-4-5-9-19(18)29-21;22-16-11-14(24-21(27)23-12-13-6-2-1-3-7-13)10-15(19(16)26)20-25-17-8-4-5-9-18(17)28-20;1-18(2,3)22-17(24)20-10-8-11(15(23)12(19)9-10)16-21-13-6-4-5-7-14(13)25-16;1-9(2)19-17(23)20-10-7-11(15(22)12(18)8-10)16-21-13-5-3-4-6-14(13)24-16;7-4-1-3(9)2-5(8)6(4)10/h1-9,12-13,27H,10-11H2,(H2,24,25,28);1-11,26H,12H2,(H2,23,24,27);4-9,23H,1-3H3,(H2,20,22,24);3-9,22H,1-2H3,(H2,19,20,23);1-2,10H,9H2. The number of hydrogen-bond acceptors (Lipinski definition) is 18. The van der Waals surface area contributed by atoms with Crippen molar-refractivity contribution in [3.63, 3.8) is 0 Å². The Kier molecular flexibility index (Phi) is 29.6. The molecule has 15 N–H and O–H groups in total. The lowest BCUT2D eigenvalue weighted by Crippen LogP contribution is -2.43. The van der Waals surface area contributed by atoms with E-state index in [1.807, 2.05) is 192 Å². The maximum Gasteiger partial charge on any atom is 0.319 e. The highest BCUT2D eigenvalue weighted by Crippen LogP contribution is 2.46. The first-order valence-corrected chi connectivity index (χ1v) is 42.1. The van der Waals surface area contributed by atoms with E-state index in [9.17, 15) is 39.9 Å². The summed E-state index contributed by atoms with van der Waals surface area (Å²) < 4.78 is 5.27. The minimum Gasteiger partial charge on any atom is -0.506 e. The molecular formula is C84H73Br2Cl4N13O8S5. The molecule has 15 rings (SSSR count). The predicted molar refractivity (Wildman–Crippen MR) is 491 cm³/mol. The number of urea groups is 3. The highest BCUT2D eigenvalue weighted by atomic mass is 79.9. The van der Waals surface area contributed by atoms with Gasteiger partial charge in [0.1, 0.15) is 48.8 Å². The van der Waals surface area contributed by atoms with E-state index in [0.717, 1.165) is 58.4 Å². The van der Waals surface area contributed by atoms with Crippen LogP contribution in [-0.4, -0.2) is 86.8 Å². The number of aromatic nitrogens is 4. The molecule has 116 heavy (non-hydrogen) atoms. The first-order chi connectivity index (χ1) is 55.5. The van der Waals surface area contributed by atoms with Crippen molar-refractivity contribution in [2.24, 2.45) is 0 Å². The molecular weight excluding hydrogens is 1780 g/mol. The Balaban J connectivity index is 0.000000146. The normalized spacial score (nSPS) is 10.9. The number of halogens is 6. The van der Waals surface area contributed by atoms with Gasteiger partial charge < -0.3 is 73.8 Å². The fourth-order valence-corrected chi connectivity index (χ4v) is 17.3. The molecule has 32 heteroatoms. The number of nitrogen functional groups attached to an aromatic ring is 1. The van der Waals surface area contributed by atoms with Gasteiger partial charge in [-0.05, 0) is 205 Å². The number of aromatic hydroxyl groups is 5. The van der Waals surface area contributed by atoms with Gasteiger partial charge in [-0.3, -0.25) is 0 Å². The molecule has 0 aliphatic heterocycles. The molecule has 4 heterocycles. The Morgan fingerprint density at radius 3 is 1.08 bits per heavy atom. The average molecular weight is 1850 g/mol. The molecule has 0 aliphatic rings. The summed E-state index contributed by atoms with van der Waals surface area (Å²) in [5.74, 6) is 0.0254. The van der Waals surface area contributed by atoms with Crippen LogP contribution in [0.5, 0.6) is 28.7 Å². The molecule has 0 saturated carbocycles. The summed E-state index contributed by atoms with van der Waals surface area (Å²) in [4.78, 5) is 54.8. The molecule has 0 atom stereocenters. The Labute approximate surface area is 725 Å².